The fraction of sp³-hybridized carbons (Fsp3) is 0.385. The lowest BCUT2D eigenvalue weighted by atomic mass is 10.1. The smallest absolute Gasteiger partial charge is 0.255 e. The number of anilines is 1. The van der Waals surface area contributed by atoms with Crippen molar-refractivity contribution in [3.63, 3.8) is 0 Å². The molecule has 7 heteroatoms. The average molecular weight is 298 g/mol. The highest BCUT2D eigenvalue weighted by atomic mass is 35.5. The van der Waals surface area contributed by atoms with Gasteiger partial charge in [0.05, 0.1) is 23.4 Å². The number of piperidine rings is 1. The van der Waals surface area contributed by atoms with Crippen LogP contribution in [0.15, 0.2) is 12.1 Å². The first kappa shape index (κ1) is 14.5. The molecule has 6 nitrogen and oxygen atoms in total. The summed E-state index contributed by atoms with van der Waals surface area (Å²) in [6.07, 6.45) is 1.02. The number of nitrogens with one attached hydrogen (secondary N) is 2. The van der Waals surface area contributed by atoms with Crippen LogP contribution in [0.3, 0.4) is 0 Å². The van der Waals surface area contributed by atoms with Crippen molar-refractivity contribution in [2.75, 3.05) is 19.4 Å². The molecule has 0 radical (unpaired) electrons. The zero-order chi connectivity index (χ0) is 14.7. The highest BCUT2D eigenvalue weighted by Gasteiger charge is 2.22. The van der Waals surface area contributed by atoms with Crippen LogP contribution in [0.2, 0.25) is 5.02 Å². The molecule has 1 saturated heterocycles. The van der Waals surface area contributed by atoms with E-state index >= 15 is 0 Å². The van der Waals surface area contributed by atoms with Gasteiger partial charge >= 0.3 is 0 Å². The molecule has 1 aliphatic rings. The Morgan fingerprint density at radius 3 is 2.90 bits per heavy atom. The highest BCUT2D eigenvalue weighted by molar-refractivity contribution is 6.33. The van der Waals surface area contributed by atoms with E-state index in [1.165, 1.54) is 19.2 Å². The second-order valence-corrected chi connectivity index (χ2v) is 4.99. The maximum Gasteiger partial charge on any atom is 0.255 e. The highest BCUT2D eigenvalue weighted by Crippen LogP contribution is 2.28. The van der Waals surface area contributed by atoms with Crippen molar-refractivity contribution in [2.45, 2.75) is 18.9 Å². The van der Waals surface area contributed by atoms with Crippen LogP contribution in [0, 0.1) is 0 Å². The van der Waals surface area contributed by atoms with Crippen molar-refractivity contribution in [3.8, 4) is 5.75 Å². The van der Waals surface area contributed by atoms with Crippen LogP contribution >= 0.6 is 11.6 Å². The van der Waals surface area contributed by atoms with Gasteiger partial charge in [-0.25, -0.2) is 0 Å². The van der Waals surface area contributed by atoms with Crippen LogP contribution in [-0.4, -0.2) is 31.5 Å². The van der Waals surface area contributed by atoms with Gasteiger partial charge in [0.2, 0.25) is 5.91 Å². The van der Waals surface area contributed by atoms with Crippen LogP contribution in [0.4, 0.5) is 5.69 Å². The number of benzene rings is 1. The lowest BCUT2D eigenvalue weighted by Crippen LogP contribution is -2.47. The number of nitrogens with two attached hydrogens (primary N) is 1. The summed E-state index contributed by atoms with van der Waals surface area (Å²) in [4.78, 5) is 23.3. The Kier molecular flexibility index (Phi) is 4.34. The first-order valence-electron chi connectivity index (χ1n) is 6.22. The average Bonchev–Trinajstić information content (AvgIpc) is 2.43. The zero-order valence-corrected chi connectivity index (χ0v) is 11.8. The van der Waals surface area contributed by atoms with E-state index in [1.807, 2.05) is 0 Å². The topological polar surface area (TPSA) is 93.4 Å². The van der Waals surface area contributed by atoms with Crippen LogP contribution in [0.1, 0.15) is 23.2 Å². The minimum atomic E-state index is -0.301. The summed E-state index contributed by atoms with van der Waals surface area (Å²) in [7, 11) is 1.46. The third-order valence-corrected chi connectivity index (χ3v) is 3.49. The van der Waals surface area contributed by atoms with Crippen molar-refractivity contribution in [1.29, 1.82) is 0 Å². The number of rotatable bonds is 3. The quantitative estimate of drug-likeness (QED) is 0.724. The molecule has 2 rings (SSSR count). The van der Waals surface area contributed by atoms with Crippen molar-refractivity contribution < 1.29 is 14.3 Å². The Morgan fingerprint density at radius 2 is 2.30 bits per heavy atom. The fourth-order valence-electron chi connectivity index (χ4n) is 2.03. The first-order chi connectivity index (χ1) is 9.51. The van der Waals surface area contributed by atoms with Gasteiger partial charge in [0.15, 0.2) is 0 Å². The minimum absolute atomic E-state index is 0.00334. The lowest BCUT2D eigenvalue weighted by Gasteiger charge is -2.23. The number of ether oxygens (including phenoxy) is 1. The molecule has 1 aromatic carbocycles. The Morgan fingerprint density at radius 1 is 1.55 bits per heavy atom. The van der Waals surface area contributed by atoms with E-state index in [-0.39, 0.29) is 17.9 Å². The fourth-order valence-corrected chi connectivity index (χ4v) is 2.20. The molecule has 1 aromatic rings. The number of amides is 2. The van der Waals surface area contributed by atoms with E-state index < -0.39 is 0 Å². The van der Waals surface area contributed by atoms with Crippen molar-refractivity contribution >= 4 is 29.1 Å². The second-order valence-electron chi connectivity index (χ2n) is 4.59. The maximum atomic E-state index is 12.2. The van der Waals surface area contributed by atoms with E-state index in [2.05, 4.69) is 10.6 Å². The number of methoxy groups -OCH3 is 1. The van der Waals surface area contributed by atoms with Gasteiger partial charge in [-0.05, 0) is 12.5 Å². The van der Waals surface area contributed by atoms with E-state index in [0.717, 1.165) is 0 Å². The molecule has 1 unspecified atom stereocenters. The van der Waals surface area contributed by atoms with Gasteiger partial charge < -0.3 is 21.1 Å². The van der Waals surface area contributed by atoms with Crippen molar-refractivity contribution in [3.05, 3.63) is 22.7 Å². The van der Waals surface area contributed by atoms with E-state index in [4.69, 9.17) is 22.1 Å². The predicted molar refractivity (Wildman–Crippen MR) is 75.9 cm³/mol. The standard InChI is InChI=1S/C13H16ClN3O3/c1-20-11-5-10(15)9(14)4-8(11)13(19)17-7-2-3-12(18)16-6-7/h4-5,7H,2-3,6,15H2,1H3,(H,16,18)(H,17,19). The molecule has 20 heavy (non-hydrogen) atoms. The lowest BCUT2D eigenvalue weighted by molar-refractivity contribution is -0.122. The Bertz CT molecular complexity index is 538. The predicted octanol–water partition coefficient (Wildman–Crippen LogP) is 0.939. The summed E-state index contributed by atoms with van der Waals surface area (Å²) in [5.74, 6) is 0.0674. The molecule has 0 aromatic heterocycles. The molecule has 2 amide bonds. The number of carbonyl (C=O) groups excluding carboxylic acids is 2. The SMILES string of the molecule is COc1cc(N)c(Cl)cc1C(=O)NC1CCC(=O)NC1. The van der Waals surface area contributed by atoms with Gasteiger partial charge in [-0.1, -0.05) is 11.6 Å². The Hall–Kier alpha value is -1.95. The Labute approximate surface area is 121 Å². The maximum absolute atomic E-state index is 12.2. The normalized spacial score (nSPS) is 18.3. The number of hydrogen-bond donors (Lipinski definition) is 3. The summed E-state index contributed by atoms with van der Waals surface area (Å²) in [5.41, 5.74) is 6.35. The van der Waals surface area contributed by atoms with E-state index in [9.17, 15) is 9.59 Å². The molecule has 0 spiro atoms. The summed E-state index contributed by atoms with van der Waals surface area (Å²) in [5, 5.41) is 5.85. The molecule has 0 bridgehead atoms. The zero-order valence-electron chi connectivity index (χ0n) is 11.0. The largest absolute Gasteiger partial charge is 0.496 e. The van der Waals surface area contributed by atoms with Crippen LogP contribution in [0.25, 0.3) is 0 Å². The third-order valence-electron chi connectivity index (χ3n) is 3.16. The molecule has 108 valence electrons. The molecule has 1 heterocycles. The number of carbonyl (C=O) groups is 2. The molecule has 1 aliphatic heterocycles. The van der Waals surface area contributed by atoms with Gasteiger partial charge in [-0.3, -0.25) is 9.59 Å². The van der Waals surface area contributed by atoms with Crippen LogP contribution in [0.5, 0.6) is 5.75 Å². The molecule has 1 atom stereocenters. The van der Waals surface area contributed by atoms with Gasteiger partial charge in [0.25, 0.3) is 5.91 Å². The van der Waals surface area contributed by atoms with Crippen molar-refractivity contribution in [1.82, 2.24) is 10.6 Å². The molecular weight excluding hydrogens is 282 g/mol. The second kappa shape index (κ2) is 6.00. The molecule has 0 aliphatic carbocycles. The van der Waals surface area contributed by atoms with Crippen LogP contribution < -0.4 is 21.1 Å². The van der Waals surface area contributed by atoms with Gasteiger partial charge in [-0.2, -0.15) is 0 Å². The summed E-state index contributed by atoms with van der Waals surface area (Å²) in [6, 6.07) is 2.90. The summed E-state index contributed by atoms with van der Waals surface area (Å²) in [6.45, 7) is 0.426. The van der Waals surface area contributed by atoms with Gasteiger partial charge in [0, 0.05) is 25.1 Å². The number of halogens is 1. The first-order valence-corrected chi connectivity index (χ1v) is 6.59. The number of hydrogen-bond acceptors (Lipinski definition) is 4. The summed E-state index contributed by atoms with van der Waals surface area (Å²) < 4.78 is 5.14. The van der Waals surface area contributed by atoms with Crippen LogP contribution in [-0.2, 0) is 4.79 Å². The molecular formula is C13H16ClN3O3. The minimum Gasteiger partial charge on any atom is -0.496 e. The molecule has 0 saturated carbocycles. The van der Waals surface area contributed by atoms with Gasteiger partial charge in [-0.15, -0.1) is 0 Å². The van der Waals surface area contributed by atoms with E-state index in [1.54, 1.807) is 0 Å². The Balaban J connectivity index is 2.12. The number of nitrogen functional groups attached to an aromatic ring is 1. The summed E-state index contributed by atoms with van der Waals surface area (Å²) >= 11 is 5.93. The van der Waals surface area contributed by atoms with Crippen molar-refractivity contribution in [2.24, 2.45) is 0 Å². The molecule has 4 N–H and O–H groups in total. The monoisotopic (exact) mass is 297 g/mol. The third kappa shape index (κ3) is 3.14. The van der Waals surface area contributed by atoms with E-state index in [0.29, 0.717) is 41.4 Å². The van der Waals surface area contributed by atoms with Gasteiger partial charge in [0.1, 0.15) is 5.75 Å². The molecule has 1 fully saturated rings.